The van der Waals surface area contributed by atoms with Crippen LogP contribution < -0.4 is 5.32 Å². The Hall–Kier alpha value is -2.26. The largest absolute Gasteiger partial charge is 0.309 e. The quantitative estimate of drug-likeness (QED) is 0.462. The van der Waals surface area contributed by atoms with E-state index in [1.807, 2.05) is 54.6 Å². The molecule has 0 bridgehead atoms. The minimum absolute atomic E-state index is 0.801. The minimum atomic E-state index is 0.801. The molecule has 0 spiro atoms. The van der Waals surface area contributed by atoms with Crippen molar-refractivity contribution in [2.24, 2.45) is 10.2 Å². The normalized spacial score (nSPS) is 10.7. The van der Waals surface area contributed by atoms with Crippen molar-refractivity contribution in [2.75, 3.05) is 6.54 Å². The second kappa shape index (κ2) is 7.24. The standard InChI is InChI=1S/C16H17N3/c1-2-11-17-13-14-7-6-10-16(12-14)19-18-15-8-4-3-5-9-15/h2-10,12,17H,1,11,13H2. The van der Waals surface area contributed by atoms with Gasteiger partial charge in [0.25, 0.3) is 0 Å². The van der Waals surface area contributed by atoms with E-state index in [1.54, 1.807) is 0 Å². The van der Waals surface area contributed by atoms with Gasteiger partial charge in [0, 0.05) is 13.1 Å². The van der Waals surface area contributed by atoms with Gasteiger partial charge >= 0.3 is 0 Å². The summed E-state index contributed by atoms with van der Waals surface area (Å²) in [4.78, 5) is 0. The number of nitrogens with one attached hydrogen (secondary N) is 1. The van der Waals surface area contributed by atoms with Crippen LogP contribution in [0.4, 0.5) is 11.4 Å². The summed E-state index contributed by atoms with van der Waals surface area (Å²) in [6.07, 6.45) is 1.85. The molecule has 96 valence electrons. The first-order chi connectivity index (χ1) is 9.38. The van der Waals surface area contributed by atoms with Crippen LogP contribution in [0.15, 0.2) is 77.5 Å². The lowest BCUT2D eigenvalue weighted by molar-refractivity contribution is 0.760. The van der Waals surface area contributed by atoms with Crippen LogP contribution in [0, 0.1) is 0 Å². The summed E-state index contributed by atoms with van der Waals surface area (Å²) >= 11 is 0. The van der Waals surface area contributed by atoms with Crippen molar-refractivity contribution in [2.45, 2.75) is 6.54 Å². The van der Waals surface area contributed by atoms with Crippen molar-refractivity contribution >= 4 is 11.4 Å². The Balaban J connectivity index is 2.02. The van der Waals surface area contributed by atoms with E-state index in [4.69, 9.17) is 0 Å². The summed E-state index contributed by atoms with van der Waals surface area (Å²) in [5, 5.41) is 11.7. The Morgan fingerprint density at radius 1 is 0.947 bits per heavy atom. The van der Waals surface area contributed by atoms with Gasteiger partial charge in [-0.2, -0.15) is 10.2 Å². The van der Waals surface area contributed by atoms with E-state index in [0.717, 1.165) is 24.5 Å². The predicted molar refractivity (Wildman–Crippen MR) is 79.0 cm³/mol. The molecule has 3 heteroatoms. The molecule has 0 fully saturated rings. The molecule has 2 aromatic rings. The first kappa shape index (κ1) is 13.2. The summed E-state index contributed by atoms with van der Waals surface area (Å²) in [5.74, 6) is 0. The van der Waals surface area contributed by atoms with Gasteiger partial charge in [-0.1, -0.05) is 36.4 Å². The average molecular weight is 251 g/mol. The van der Waals surface area contributed by atoms with Crippen molar-refractivity contribution in [1.82, 2.24) is 5.32 Å². The van der Waals surface area contributed by atoms with E-state index in [0.29, 0.717) is 0 Å². The van der Waals surface area contributed by atoms with Gasteiger partial charge in [0.15, 0.2) is 0 Å². The van der Waals surface area contributed by atoms with Crippen LogP contribution in [0.1, 0.15) is 5.56 Å². The predicted octanol–water partition coefficient (Wildman–Crippen LogP) is 4.38. The van der Waals surface area contributed by atoms with Crippen LogP contribution in [0.25, 0.3) is 0 Å². The summed E-state index contributed by atoms with van der Waals surface area (Å²) in [6.45, 7) is 5.28. The molecular weight excluding hydrogens is 234 g/mol. The molecule has 0 saturated heterocycles. The molecule has 0 radical (unpaired) electrons. The topological polar surface area (TPSA) is 36.8 Å². The molecule has 3 nitrogen and oxygen atoms in total. The second-order valence-electron chi connectivity index (χ2n) is 4.13. The Kier molecular flexibility index (Phi) is 5.02. The maximum Gasteiger partial charge on any atom is 0.0860 e. The van der Waals surface area contributed by atoms with E-state index >= 15 is 0 Å². The van der Waals surface area contributed by atoms with Gasteiger partial charge in [-0.05, 0) is 29.8 Å². The fourth-order valence-electron chi connectivity index (χ4n) is 1.66. The molecule has 0 atom stereocenters. The summed E-state index contributed by atoms with van der Waals surface area (Å²) in [7, 11) is 0. The molecule has 0 aliphatic rings. The van der Waals surface area contributed by atoms with Crippen LogP contribution in [0.5, 0.6) is 0 Å². The highest BCUT2D eigenvalue weighted by Crippen LogP contribution is 2.18. The Bertz CT molecular complexity index is 547. The van der Waals surface area contributed by atoms with Gasteiger partial charge in [-0.15, -0.1) is 6.58 Å². The highest BCUT2D eigenvalue weighted by Gasteiger charge is 1.94. The van der Waals surface area contributed by atoms with E-state index in [2.05, 4.69) is 28.2 Å². The lowest BCUT2D eigenvalue weighted by Gasteiger charge is -2.02. The highest BCUT2D eigenvalue weighted by molar-refractivity contribution is 5.41. The van der Waals surface area contributed by atoms with Crippen molar-refractivity contribution in [3.63, 3.8) is 0 Å². The fraction of sp³-hybridized carbons (Fsp3) is 0.125. The lowest BCUT2D eigenvalue weighted by atomic mass is 10.2. The molecule has 2 aromatic carbocycles. The summed E-state index contributed by atoms with van der Waals surface area (Å²) in [5.41, 5.74) is 2.91. The Labute approximate surface area is 113 Å². The maximum atomic E-state index is 4.24. The van der Waals surface area contributed by atoms with Crippen LogP contribution in [0.2, 0.25) is 0 Å². The van der Waals surface area contributed by atoms with Gasteiger partial charge in [0.2, 0.25) is 0 Å². The highest BCUT2D eigenvalue weighted by atomic mass is 15.1. The summed E-state index contributed by atoms with van der Waals surface area (Å²) < 4.78 is 0. The Morgan fingerprint density at radius 2 is 1.68 bits per heavy atom. The van der Waals surface area contributed by atoms with Gasteiger partial charge in [0.1, 0.15) is 0 Å². The van der Waals surface area contributed by atoms with Gasteiger partial charge in [-0.25, -0.2) is 0 Å². The molecule has 0 unspecified atom stereocenters. The number of benzene rings is 2. The van der Waals surface area contributed by atoms with Crippen LogP contribution in [-0.4, -0.2) is 6.54 Å². The first-order valence-corrected chi connectivity index (χ1v) is 6.26. The van der Waals surface area contributed by atoms with Crippen LogP contribution in [0.3, 0.4) is 0 Å². The monoisotopic (exact) mass is 251 g/mol. The minimum Gasteiger partial charge on any atom is -0.309 e. The van der Waals surface area contributed by atoms with Crippen molar-refractivity contribution in [3.8, 4) is 0 Å². The second-order valence-corrected chi connectivity index (χ2v) is 4.13. The fourth-order valence-corrected chi connectivity index (χ4v) is 1.66. The lowest BCUT2D eigenvalue weighted by Crippen LogP contribution is -2.12. The molecule has 0 aliphatic carbocycles. The number of hydrogen-bond acceptors (Lipinski definition) is 3. The molecular formula is C16H17N3. The molecule has 0 heterocycles. The zero-order valence-corrected chi connectivity index (χ0v) is 10.8. The zero-order valence-electron chi connectivity index (χ0n) is 10.8. The van der Waals surface area contributed by atoms with Gasteiger partial charge in [-0.3, -0.25) is 0 Å². The number of nitrogens with zero attached hydrogens (tertiary/aromatic N) is 2. The number of azo groups is 1. The van der Waals surface area contributed by atoms with E-state index in [-0.39, 0.29) is 0 Å². The SMILES string of the molecule is C=CCNCc1cccc(N=Nc2ccccc2)c1. The molecule has 0 aliphatic heterocycles. The molecule has 2 rings (SSSR count). The number of hydrogen-bond donors (Lipinski definition) is 1. The molecule has 0 amide bonds. The van der Waals surface area contributed by atoms with Crippen LogP contribution in [-0.2, 0) is 6.54 Å². The number of rotatable bonds is 6. The third-order valence-corrected chi connectivity index (χ3v) is 2.57. The van der Waals surface area contributed by atoms with E-state index < -0.39 is 0 Å². The van der Waals surface area contributed by atoms with E-state index in [9.17, 15) is 0 Å². The van der Waals surface area contributed by atoms with Gasteiger partial charge < -0.3 is 5.32 Å². The van der Waals surface area contributed by atoms with Gasteiger partial charge in [0.05, 0.1) is 11.4 Å². The van der Waals surface area contributed by atoms with Crippen molar-refractivity contribution in [1.29, 1.82) is 0 Å². The zero-order chi connectivity index (χ0) is 13.3. The Morgan fingerprint density at radius 3 is 2.47 bits per heavy atom. The maximum absolute atomic E-state index is 4.24. The van der Waals surface area contributed by atoms with E-state index in [1.165, 1.54) is 5.56 Å². The first-order valence-electron chi connectivity index (χ1n) is 6.26. The smallest absolute Gasteiger partial charge is 0.0860 e. The molecule has 0 aromatic heterocycles. The summed E-state index contributed by atoms with van der Waals surface area (Å²) in [6, 6.07) is 17.8. The van der Waals surface area contributed by atoms with Crippen LogP contribution >= 0.6 is 0 Å². The van der Waals surface area contributed by atoms with Crippen molar-refractivity contribution in [3.05, 3.63) is 72.8 Å². The molecule has 1 N–H and O–H groups in total. The molecule has 0 saturated carbocycles. The average Bonchev–Trinajstić information content (AvgIpc) is 2.47. The third kappa shape index (κ3) is 4.48. The third-order valence-electron chi connectivity index (χ3n) is 2.57. The van der Waals surface area contributed by atoms with Crippen molar-refractivity contribution < 1.29 is 0 Å². The molecule has 19 heavy (non-hydrogen) atoms.